The van der Waals surface area contributed by atoms with Gasteiger partial charge in [-0.3, -0.25) is 4.79 Å². The van der Waals surface area contributed by atoms with Crippen molar-refractivity contribution in [1.82, 2.24) is 10.2 Å². The van der Waals surface area contributed by atoms with Crippen LogP contribution in [0.3, 0.4) is 0 Å². The van der Waals surface area contributed by atoms with E-state index in [2.05, 4.69) is 15.5 Å². The highest BCUT2D eigenvalue weighted by Crippen LogP contribution is 2.38. The molecule has 0 atom stereocenters. The van der Waals surface area contributed by atoms with Crippen LogP contribution in [0.4, 0.5) is 5.00 Å². The van der Waals surface area contributed by atoms with Crippen molar-refractivity contribution in [3.05, 3.63) is 45.3 Å². The van der Waals surface area contributed by atoms with E-state index in [1.165, 1.54) is 11.3 Å². The highest BCUT2D eigenvalue weighted by Gasteiger charge is 2.30. The topological polar surface area (TPSA) is 128 Å². The molecule has 1 aliphatic rings. The minimum absolute atomic E-state index is 0.0543. The Kier molecular flexibility index (Phi) is 7.36. The van der Waals surface area contributed by atoms with Gasteiger partial charge in [0.05, 0.1) is 12.2 Å². The Bertz CT molecular complexity index is 1370. The number of carbonyl (C=O) groups is 2. The molecule has 11 heteroatoms. The summed E-state index contributed by atoms with van der Waals surface area (Å²) in [7, 11) is -4.20. The summed E-state index contributed by atoms with van der Waals surface area (Å²) >= 11 is 1.30. The van der Waals surface area contributed by atoms with E-state index in [4.69, 9.17) is 9.15 Å². The van der Waals surface area contributed by atoms with Crippen LogP contribution in [0.1, 0.15) is 58.1 Å². The molecule has 0 fully saturated rings. The lowest BCUT2D eigenvalue weighted by atomic mass is 10.1. The van der Waals surface area contributed by atoms with E-state index in [0.717, 1.165) is 53.7 Å². The van der Waals surface area contributed by atoms with Crippen LogP contribution >= 0.6 is 11.3 Å². The van der Waals surface area contributed by atoms with Gasteiger partial charge < -0.3 is 14.5 Å². The number of thiophene rings is 1. The molecule has 0 bridgehead atoms. The number of nitrogens with one attached hydrogen (secondary N) is 1. The largest absolute Gasteiger partial charge is 0.462 e. The molecule has 1 N–H and O–H groups in total. The van der Waals surface area contributed by atoms with Crippen molar-refractivity contribution in [3.8, 4) is 11.5 Å². The maximum absolute atomic E-state index is 12.8. The number of amides is 1. The van der Waals surface area contributed by atoms with Gasteiger partial charge in [-0.25, -0.2) is 13.2 Å². The van der Waals surface area contributed by atoms with Gasteiger partial charge in [0, 0.05) is 10.4 Å². The number of nitrogens with zero attached hydrogens (tertiary/aromatic N) is 2. The first-order valence-corrected chi connectivity index (χ1v) is 13.9. The Labute approximate surface area is 207 Å². The number of rotatable bonds is 7. The number of aromatic nitrogens is 2. The number of fused-ring (bicyclic) bond motifs is 1. The molecule has 9 nitrogen and oxygen atoms in total. The fraction of sp³-hybridized carbons (Fsp3) is 0.417. The van der Waals surface area contributed by atoms with Crippen LogP contribution in [0.2, 0.25) is 0 Å². The molecule has 0 saturated heterocycles. The molecule has 1 aliphatic carbocycles. The maximum atomic E-state index is 12.8. The van der Waals surface area contributed by atoms with E-state index in [1.807, 2.05) is 26.0 Å². The molecule has 35 heavy (non-hydrogen) atoms. The molecule has 0 spiro atoms. The van der Waals surface area contributed by atoms with Gasteiger partial charge in [0.15, 0.2) is 0 Å². The number of esters is 1. The molecule has 0 saturated carbocycles. The summed E-state index contributed by atoms with van der Waals surface area (Å²) in [6.45, 7) is 5.79. The molecule has 4 rings (SSSR count). The summed E-state index contributed by atoms with van der Waals surface area (Å²) in [6.07, 6.45) is 4.54. The van der Waals surface area contributed by atoms with Crippen LogP contribution < -0.4 is 5.32 Å². The zero-order valence-electron chi connectivity index (χ0n) is 19.8. The van der Waals surface area contributed by atoms with Crippen LogP contribution in [-0.2, 0) is 32.2 Å². The Morgan fingerprint density at radius 3 is 2.63 bits per heavy atom. The van der Waals surface area contributed by atoms with Crippen molar-refractivity contribution < 1.29 is 27.2 Å². The van der Waals surface area contributed by atoms with Crippen molar-refractivity contribution in [2.45, 2.75) is 58.1 Å². The van der Waals surface area contributed by atoms with Crippen molar-refractivity contribution in [2.24, 2.45) is 0 Å². The van der Waals surface area contributed by atoms with Gasteiger partial charge in [-0.05, 0) is 75.3 Å². The van der Waals surface area contributed by atoms with E-state index in [1.54, 1.807) is 13.0 Å². The van der Waals surface area contributed by atoms with E-state index in [9.17, 15) is 18.0 Å². The molecule has 2 aromatic heterocycles. The Balaban J connectivity index is 1.54. The second-order valence-corrected chi connectivity index (χ2v) is 11.4. The van der Waals surface area contributed by atoms with Gasteiger partial charge in [-0.2, -0.15) is 0 Å². The third kappa shape index (κ3) is 5.46. The molecule has 2 heterocycles. The molecule has 186 valence electrons. The first-order chi connectivity index (χ1) is 16.7. The number of hydrogen-bond donors (Lipinski definition) is 1. The van der Waals surface area contributed by atoms with Gasteiger partial charge in [-0.15, -0.1) is 16.4 Å². The van der Waals surface area contributed by atoms with Crippen LogP contribution in [0.15, 0.2) is 27.8 Å². The SMILES string of the molecule is CCOC(=O)c1c(NC(=O)CS(=O)(=O)c2nnc(-c3ccc(C)c(C)c3)o2)sc2c1CCCCC2. The van der Waals surface area contributed by atoms with Crippen LogP contribution in [0.25, 0.3) is 11.5 Å². The molecule has 1 aromatic carbocycles. The lowest BCUT2D eigenvalue weighted by Crippen LogP contribution is -2.24. The molecular weight excluding hydrogens is 490 g/mol. The molecule has 0 aliphatic heterocycles. The highest BCUT2D eigenvalue weighted by atomic mass is 32.2. The third-order valence-corrected chi connectivity index (χ3v) is 8.45. The predicted octanol–water partition coefficient (Wildman–Crippen LogP) is 4.27. The van der Waals surface area contributed by atoms with Crippen LogP contribution in [0, 0.1) is 13.8 Å². The van der Waals surface area contributed by atoms with Crippen molar-refractivity contribution in [3.63, 3.8) is 0 Å². The number of carbonyl (C=O) groups excluding carboxylic acids is 2. The number of ether oxygens (including phenoxy) is 1. The number of aryl methyl sites for hydroxylation is 3. The zero-order chi connectivity index (χ0) is 25.2. The summed E-state index contributed by atoms with van der Waals surface area (Å²) in [4.78, 5) is 26.4. The summed E-state index contributed by atoms with van der Waals surface area (Å²) in [5.41, 5.74) is 3.88. The first-order valence-electron chi connectivity index (χ1n) is 11.4. The molecule has 0 unspecified atom stereocenters. The monoisotopic (exact) mass is 517 g/mol. The van der Waals surface area contributed by atoms with Crippen LogP contribution in [-0.4, -0.2) is 42.9 Å². The summed E-state index contributed by atoms with van der Waals surface area (Å²) < 4.78 is 36.2. The average Bonchev–Trinajstić information content (AvgIpc) is 3.35. The summed E-state index contributed by atoms with van der Waals surface area (Å²) in [5, 5.41) is 9.79. The smallest absolute Gasteiger partial charge is 0.341 e. The normalized spacial score (nSPS) is 13.7. The molecule has 3 aromatic rings. The molecular formula is C24H27N3O6S2. The van der Waals surface area contributed by atoms with Crippen LogP contribution in [0.5, 0.6) is 0 Å². The third-order valence-electron chi connectivity index (χ3n) is 5.90. The van der Waals surface area contributed by atoms with E-state index >= 15 is 0 Å². The first kappa shape index (κ1) is 25.1. The van der Waals surface area contributed by atoms with E-state index in [-0.39, 0.29) is 12.5 Å². The van der Waals surface area contributed by atoms with Gasteiger partial charge in [0.2, 0.25) is 21.6 Å². The second-order valence-electron chi connectivity index (χ2n) is 8.47. The zero-order valence-corrected chi connectivity index (χ0v) is 21.5. The molecule has 1 amide bonds. The quantitative estimate of drug-likeness (QED) is 0.363. The van der Waals surface area contributed by atoms with Gasteiger partial charge in [-0.1, -0.05) is 17.6 Å². The fourth-order valence-corrected chi connectivity index (χ4v) is 6.18. The van der Waals surface area contributed by atoms with Gasteiger partial charge in [0.25, 0.3) is 0 Å². The number of benzene rings is 1. The Hall–Kier alpha value is -3.05. The highest BCUT2D eigenvalue weighted by molar-refractivity contribution is 7.91. The standard InChI is InChI=1S/C24H27N3O6S2/c1-4-32-23(29)20-17-8-6-5-7-9-18(17)34-22(20)25-19(28)13-35(30,31)24-27-26-21(33-24)16-11-10-14(2)15(3)12-16/h10-12H,4-9,13H2,1-3H3,(H,25,28). The number of hydrogen-bond acceptors (Lipinski definition) is 9. The van der Waals surface area contributed by atoms with Gasteiger partial charge in [0.1, 0.15) is 10.8 Å². The van der Waals surface area contributed by atoms with Crippen molar-refractivity contribution in [2.75, 3.05) is 17.7 Å². The number of anilines is 1. The summed E-state index contributed by atoms with van der Waals surface area (Å²) in [5.74, 6) is -2.15. The Morgan fingerprint density at radius 1 is 1.11 bits per heavy atom. The maximum Gasteiger partial charge on any atom is 0.341 e. The van der Waals surface area contributed by atoms with Gasteiger partial charge >= 0.3 is 11.2 Å². The second kappa shape index (κ2) is 10.3. The molecule has 0 radical (unpaired) electrons. The predicted molar refractivity (Wildman–Crippen MR) is 131 cm³/mol. The fourth-order valence-electron chi connectivity index (χ4n) is 3.97. The summed E-state index contributed by atoms with van der Waals surface area (Å²) in [6, 6.07) is 5.46. The lowest BCUT2D eigenvalue weighted by molar-refractivity contribution is -0.113. The van der Waals surface area contributed by atoms with E-state index < -0.39 is 32.7 Å². The van der Waals surface area contributed by atoms with Crippen molar-refractivity contribution in [1.29, 1.82) is 0 Å². The minimum atomic E-state index is -4.20. The lowest BCUT2D eigenvalue weighted by Gasteiger charge is -2.08. The average molecular weight is 518 g/mol. The number of sulfone groups is 1. The Morgan fingerprint density at radius 2 is 1.89 bits per heavy atom. The van der Waals surface area contributed by atoms with E-state index in [0.29, 0.717) is 16.1 Å². The van der Waals surface area contributed by atoms with Crippen molar-refractivity contribution >= 4 is 38.1 Å². The minimum Gasteiger partial charge on any atom is -0.462 e.